The van der Waals surface area contributed by atoms with Gasteiger partial charge in [-0.2, -0.15) is 0 Å². The first-order valence-corrected chi connectivity index (χ1v) is 6.05. The highest BCUT2D eigenvalue weighted by Crippen LogP contribution is 2.32. The summed E-state index contributed by atoms with van der Waals surface area (Å²) in [6, 6.07) is 10.7. The van der Waals surface area contributed by atoms with Gasteiger partial charge in [-0.3, -0.25) is 0 Å². The first-order chi connectivity index (χ1) is 7.40. The molecule has 1 N–H and O–H groups in total. The van der Waals surface area contributed by atoms with Crippen LogP contribution in [0.3, 0.4) is 0 Å². The van der Waals surface area contributed by atoms with Crippen molar-refractivity contribution in [1.82, 2.24) is 0 Å². The second-order valence-corrected chi connectivity index (χ2v) is 4.68. The third kappa shape index (κ3) is 2.82. The fourth-order valence-electron chi connectivity index (χ4n) is 2.71. The van der Waals surface area contributed by atoms with Crippen LogP contribution in [0.2, 0.25) is 0 Å². The van der Waals surface area contributed by atoms with Crippen molar-refractivity contribution >= 4 is 0 Å². The van der Waals surface area contributed by atoms with E-state index in [9.17, 15) is 5.11 Å². The summed E-state index contributed by atoms with van der Waals surface area (Å²) in [6.07, 6.45) is 6.30. The fourth-order valence-corrected chi connectivity index (χ4v) is 2.71. The minimum absolute atomic E-state index is 0.373. The van der Waals surface area contributed by atoms with Gasteiger partial charge in [0, 0.05) is 6.61 Å². The maximum Gasteiger partial charge on any atom is 0.0462 e. The van der Waals surface area contributed by atoms with E-state index in [0.717, 1.165) is 6.42 Å². The highest BCUT2D eigenvalue weighted by Gasteiger charge is 2.24. The Balaban J connectivity index is 1.97. The predicted molar refractivity (Wildman–Crippen MR) is 62.7 cm³/mol. The number of hydrogen-bond acceptors (Lipinski definition) is 1. The molecule has 0 aromatic heterocycles. The lowest BCUT2D eigenvalue weighted by atomic mass is 9.76. The van der Waals surface area contributed by atoms with E-state index in [4.69, 9.17) is 0 Å². The number of rotatable bonds is 3. The van der Waals surface area contributed by atoms with E-state index < -0.39 is 0 Å². The van der Waals surface area contributed by atoms with Crippen molar-refractivity contribution in [2.24, 2.45) is 11.8 Å². The van der Waals surface area contributed by atoms with E-state index in [1.54, 1.807) is 0 Å². The molecule has 0 radical (unpaired) electrons. The van der Waals surface area contributed by atoms with Gasteiger partial charge in [-0.15, -0.1) is 0 Å². The molecule has 1 aromatic rings. The lowest BCUT2D eigenvalue weighted by Crippen LogP contribution is -2.24. The Morgan fingerprint density at radius 2 is 1.67 bits per heavy atom. The van der Waals surface area contributed by atoms with Gasteiger partial charge in [0.15, 0.2) is 0 Å². The molecule has 1 heteroatoms. The summed E-state index contributed by atoms with van der Waals surface area (Å²) >= 11 is 0. The van der Waals surface area contributed by atoms with Crippen LogP contribution in [0.1, 0.15) is 31.2 Å². The average Bonchev–Trinajstić information content (AvgIpc) is 2.31. The van der Waals surface area contributed by atoms with Crippen LogP contribution in [-0.4, -0.2) is 11.7 Å². The molecule has 1 fully saturated rings. The smallest absolute Gasteiger partial charge is 0.0462 e. The molecule has 0 saturated heterocycles. The minimum atomic E-state index is 0.373. The van der Waals surface area contributed by atoms with E-state index in [1.807, 2.05) is 0 Å². The number of aliphatic hydroxyl groups is 1. The van der Waals surface area contributed by atoms with Gasteiger partial charge in [0.25, 0.3) is 0 Å². The molecule has 0 aliphatic heterocycles. The summed E-state index contributed by atoms with van der Waals surface area (Å²) in [5.74, 6) is 1.24. The van der Waals surface area contributed by atoms with E-state index in [0.29, 0.717) is 18.4 Å². The van der Waals surface area contributed by atoms with Crippen LogP contribution in [0.15, 0.2) is 30.3 Å². The molecule has 2 unspecified atom stereocenters. The van der Waals surface area contributed by atoms with Crippen LogP contribution < -0.4 is 0 Å². The van der Waals surface area contributed by atoms with E-state index in [-0.39, 0.29) is 0 Å². The molecule has 82 valence electrons. The molecule has 1 nitrogen and oxygen atoms in total. The minimum Gasteiger partial charge on any atom is -0.396 e. The van der Waals surface area contributed by atoms with Crippen LogP contribution >= 0.6 is 0 Å². The highest BCUT2D eigenvalue weighted by molar-refractivity contribution is 5.15. The van der Waals surface area contributed by atoms with Crippen LogP contribution in [0.4, 0.5) is 0 Å². The van der Waals surface area contributed by atoms with Crippen molar-refractivity contribution in [2.75, 3.05) is 6.61 Å². The number of benzene rings is 1. The Labute approximate surface area is 92.1 Å². The summed E-state index contributed by atoms with van der Waals surface area (Å²) in [6.45, 7) is 0.373. The third-order valence-electron chi connectivity index (χ3n) is 3.64. The summed E-state index contributed by atoms with van der Waals surface area (Å²) in [4.78, 5) is 0. The largest absolute Gasteiger partial charge is 0.396 e. The Kier molecular flexibility index (Phi) is 3.79. The van der Waals surface area contributed by atoms with Crippen molar-refractivity contribution in [1.29, 1.82) is 0 Å². The van der Waals surface area contributed by atoms with Crippen LogP contribution in [-0.2, 0) is 6.42 Å². The summed E-state index contributed by atoms with van der Waals surface area (Å²) in [5, 5.41) is 9.34. The molecule has 0 spiro atoms. The second kappa shape index (κ2) is 5.32. The van der Waals surface area contributed by atoms with Gasteiger partial charge in [-0.1, -0.05) is 43.2 Å². The summed E-state index contributed by atoms with van der Waals surface area (Å²) < 4.78 is 0. The fraction of sp³-hybridized carbons (Fsp3) is 0.571. The van der Waals surface area contributed by atoms with E-state index in [1.165, 1.54) is 31.2 Å². The van der Waals surface area contributed by atoms with Gasteiger partial charge in [-0.25, -0.2) is 0 Å². The molecular weight excluding hydrogens is 184 g/mol. The zero-order valence-corrected chi connectivity index (χ0v) is 9.23. The van der Waals surface area contributed by atoms with Crippen molar-refractivity contribution in [3.8, 4) is 0 Å². The molecule has 2 rings (SSSR count). The lowest BCUT2D eigenvalue weighted by Gasteiger charge is -2.30. The normalized spacial score (nSPS) is 26.5. The van der Waals surface area contributed by atoms with Crippen LogP contribution in [0, 0.1) is 11.8 Å². The molecule has 0 heterocycles. The first-order valence-electron chi connectivity index (χ1n) is 6.05. The molecule has 1 aliphatic rings. The maximum absolute atomic E-state index is 9.34. The predicted octanol–water partition coefficient (Wildman–Crippen LogP) is 3.03. The average molecular weight is 204 g/mol. The molecule has 1 aromatic carbocycles. The van der Waals surface area contributed by atoms with Gasteiger partial charge in [0.2, 0.25) is 0 Å². The molecular formula is C14H20O. The molecule has 1 saturated carbocycles. The Bertz CT molecular complexity index is 281. The molecule has 1 aliphatic carbocycles. The third-order valence-corrected chi connectivity index (χ3v) is 3.64. The van der Waals surface area contributed by atoms with Crippen molar-refractivity contribution in [3.63, 3.8) is 0 Å². The Morgan fingerprint density at radius 1 is 1.00 bits per heavy atom. The molecule has 15 heavy (non-hydrogen) atoms. The van der Waals surface area contributed by atoms with Crippen molar-refractivity contribution in [2.45, 2.75) is 32.1 Å². The quantitative estimate of drug-likeness (QED) is 0.802. The van der Waals surface area contributed by atoms with Gasteiger partial charge in [-0.05, 0) is 36.7 Å². The van der Waals surface area contributed by atoms with Gasteiger partial charge in [0.1, 0.15) is 0 Å². The topological polar surface area (TPSA) is 20.2 Å². The second-order valence-electron chi connectivity index (χ2n) is 4.68. The molecule has 0 amide bonds. The zero-order chi connectivity index (χ0) is 10.5. The standard InChI is InChI=1S/C14H20O/c15-11-14-9-5-4-8-13(14)10-12-6-2-1-3-7-12/h1-3,6-7,13-15H,4-5,8-11H2. The first kappa shape index (κ1) is 10.7. The van der Waals surface area contributed by atoms with Crippen LogP contribution in [0.5, 0.6) is 0 Å². The maximum atomic E-state index is 9.34. The van der Waals surface area contributed by atoms with Gasteiger partial charge in [0.05, 0.1) is 0 Å². The number of aliphatic hydroxyl groups excluding tert-OH is 1. The van der Waals surface area contributed by atoms with Gasteiger partial charge >= 0.3 is 0 Å². The Morgan fingerprint density at radius 3 is 2.33 bits per heavy atom. The van der Waals surface area contributed by atoms with Crippen molar-refractivity contribution < 1.29 is 5.11 Å². The molecule has 0 bridgehead atoms. The Hall–Kier alpha value is -0.820. The van der Waals surface area contributed by atoms with Crippen LogP contribution in [0.25, 0.3) is 0 Å². The monoisotopic (exact) mass is 204 g/mol. The van der Waals surface area contributed by atoms with Crippen molar-refractivity contribution in [3.05, 3.63) is 35.9 Å². The van der Waals surface area contributed by atoms with E-state index >= 15 is 0 Å². The SMILES string of the molecule is OCC1CCCCC1Cc1ccccc1. The highest BCUT2D eigenvalue weighted by atomic mass is 16.3. The van der Waals surface area contributed by atoms with Gasteiger partial charge < -0.3 is 5.11 Å². The molecule has 2 atom stereocenters. The van der Waals surface area contributed by atoms with E-state index in [2.05, 4.69) is 30.3 Å². The lowest BCUT2D eigenvalue weighted by molar-refractivity contribution is 0.134. The zero-order valence-electron chi connectivity index (χ0n) is 9.23. The summed E-state index contributed by atoms with van der Waals surface area (Å²) in [7, 11) is 0. The number of hydrogen-bond donors (Lipinski definition) is 1. The summed E-state index contributed by atoms with van der Waals surface area (Å²) in [5.41, 5.74) is 1.42.